The summed E-state index contributed by atoms with van der Waals surface area (Å²) in [5, 5.41) is 18.2. The first kappa shape index (κ1) is 37.4. The van der Waals surface area contributed by atoms with Crippen LogP contribution in [0.2, 0.25) is 0 Å². The van der Waals surface area contributed by atoms with Crippen molar-refractivity contribution in [2.24, 2.45) is 0 Å². The Hall–Kier alpha value is -7.88. The average Bonchev–Trinajstić information content (AvgIpc) is 4.12. The molecule has 3 nitrogen and oxygen atoms in total. The van der Waals surface area contributed by atoms with E-state index >= 15 is 0 Å². The van der Waals surface area contributed by atoms with Gasteiger partial charge in [-0.3, -0.25) is 0 Å². The molecule has 0 atom stereocenters. The molecular formula is C64H47N3. The van der Waals surface area contributed by atoms with Crippen LogP contribution in [0, 0.1) is 0 Å². The number of para-hydroxylation sites is 2. The standard InChI is InChI=1S/C64H47N3/c1-63(2,3)40-32-48-46-28-36-16-10-11-17-37(36)31-56(46)66-54-26-27-55-59(58(54)50(34-40)60(48)66)51-35-41(64(4,5)6)33-49-47-29-38-18-12-13-21-43(38)57(62(47)67(55)61(49)51)39-24-25-53-45(30-39)44-22-14-15-23-52(44)65(53)42-19-8-7-9-20-42/h7-35H,1-6H3. The Balaban J connectivity index is 1.14. The molecule has 15 aromatic rings. The van der Waals surface area contributed by atoms with Crippen LogP contribution in [-0.4, -0.2) is 13.4 Å². The van der Waals surface area contributed by atoms with Crippen molar-refractivity contribution in [3.05, 3.63) is 187 Å². The molecule has 5 heterocycles. The highest BCUT2D eigenvalue weighted by molar-refractivity contribution is 6.37. The van der Waals surface area contributed by atoms with Crippen molar-refractivity contribution in [1.82, 2.24) is 13.4 Å². The Morgan fingerprint density at radius 3 is 1.51 bits per heavy atom. The number of rotatable bonds is 2. The molecule has 0 N–H and O–H groups in total. The molecule has 0 bridgehead atoms. The zero-order valence-electron chi connectivity index (χ0n) is 38.6. The van der Waals surface area contributed by atoms with Gasteiger partial charge < -0.3 is 13.4 Å². The molecule has 0 spiro atoms. The van der Waals surface area contributed by atoms with E-state index in [-0.39, 0.29) is 10.8 Å². The summed E-state index contributed by atoms with van der Waals surface area (Å²) in [6.07, 6.45) is 0. The fourth-order valence-electron chi connectivity index (χ4n) is 12.3. The van der Waals surface area contributed by atoms with Gasteiger partial charge in [0.25, 0.3) is 0 Å². The summed E-state index contributed by atoms with van der Waals surface area (Å²) in [5.41, 5.74) is 16.4. The predicted octanol–water partition coefficient (Wildman–Crippen LogP) is 17.7. The molecule has 0 amide bonds. The highest BCUT2D eigenvalue weighted by Gasteiger charge is 2.30. The maximum atomic E-state index is 2.66. The van der Waals surface area contributed by atoms with Gasteiger partial charge in [-0.1, -0.05) is 133 Å². The number of hydrogen-bond donors (Lipinski definition) is 0. The number of fused-ring (bicyclic) bond motifs is 18. The molecule has 67 heavy (non-hydrogen) atoms. The van der Waals surface area contributed by atoms with Crippen molar-refractivity contribution >= 4 is 120 Å². The first-order valence-electron chi connectivity index (χ1n) is 23.8. The van der Waals surface area contributed by atoms with E-state index in [0.717, 1.165) is 0 Å². The molecule has 3 heteroatoms. The van der Waals surface area contributed by atoms with Gasteiger partial charge in [0.15, 0.2) is 0 Å². The third-order valence-electron chi connectivity index (χ3n) is 15.5. The second-order valence-corrected chi connectivity index (χ2v) is 21.4. The second kappa shape index (κ2) is 12.5. The second-order valence-electron chi connectivity index (χ2n) is 21.4. The zero-order chi connectivity index (χ0) is 44.8. The normalized spacial score (nSPS) is 13.2. The van der Waals surface area contributed by atoms with Crippen LogP contribution in [0.1, 0.15) is 52.7 Å². The van der Waals surface area contributed by atoms with Gasteiger partial charge in [0.1, 0.15) is 0 Å². The highest BCUT2D eigenvalue weighted by atomic mass is 15.0. The average molecular weight is 858 g/mol. The van der Waals surface area contributed by atoms with Crippen molar-refractivity contribution in [3.8, 4) is 16.8 Å². The van der Waals surface area contributed by atoms with Crippen molar-refractivity contribution < 1.29 is 0 Å². The summed E-state index contributed by atoms with van der Waals surface area (Å²) >= 11 is 0. The van der Waals surface area contributed by atoms with Crippen LogP contribution in [0.3, 0.4) is 0 Å². The highest BCUT2D eigenvalue weighted by Crippen LogP contribution is 2.51. The van der Waals surface area contributed by atoms with Gasteiger partial charge >= 0.3 is 0 Å². The van der Waals surface area contributed by atoms with Crippen LogP contribution in [0.15, 0.2) is 176 Å². The van der Waals surface area contributed by atoms with Gasteiger partial charge in [-0.15, -0.1) is 0 Å². The monoisotopic (exact) mass is 857 g/mol. The molecule has 0 radical (unpaired) electrons. The lowest BCUT2D eigenvalue weighted by molar-refractivity contribution is 0.591. The van der Waals surface area contributed by atoms with E-state index in [4.69, 9.17) is 0 Å². The minimum Gasteiger partial charge on any atom is -0.309 e. The van der Waals surface area contributed by atoms with Crippen LogP contribution in [0.25, 0.3) is 136 Å². The van der Waals surface area contributed by atoms with E-state index in [9.17, 15) is 0 Å². The lowest BCUT2D eigenvalue weighted by Crippen LogP contribution is -2.10. The Bertz CT molecular complexity index is 4620. The Labute approximate surface area is 387 Å². The minimum absolute atomic E-state index is 0.0397. The molecule has 0 aliphatic heterocycles. The molecule has 15 rings (SSSR count). The molecule has 0 saturated heterocycles. The van der Waals surface area contributed by atoms with Gasteiger partial charge in [0, 0.05) is 65.1 Å². The van der Waals surface area contributed by atoms with Crippen molar-refractivity contribution in [3.63, 3.8) is 0 Å². The minimum atomic E-state index is -0.0700. The van der Waals surface area contributed by atoms with Crippen LogP contribution >= 0.6 is 0 Å². The smallest absolute Gasteiger partial charge is 0.0626 e. The number of aromatic nitrogens is 3. The van der Waals surface area contributed by atoms with Gasteiger partial charge in [-0.2, -0.15) is 0 Å². The Morgan fingerprint density at radius 2 is 0.806 bits per heavy atom. The number of hydrogen-bond acceptors (Lipinski definition) is 0. The Morgan fingerprint density at radius 1 is 0.313 bits per heavy atom. The lowest BCUT2D eigenvalue weighted by Gasteiger charge is -2.20. The SMILES string of the molecule is CC(C)(C)c1cc2c3cc4ccccc4cc3n3c4ccc5c(c6cc(C(C)(C)C)cc7c8cc9ccccc9c(-c9ccc%10c(c9)c9ccccc9n%10-c9ccccc9)c8n5c76)c4c(c1)c23. The fourth-order valence-corrected chi connectivity index (χ4v) is 12.3. The summed E-state index contributed by atoms with van der Waals surface area (Å²) in [6, 6.07) is 67.0. The molecule has 318 valence electrons. The van der Waals surface area contributed by atoms with Crippen LogP contribution in [0.5, 0.6) is 0 Å². The molecule has 5 aromatic heterocycles. The van der Waals surface area contributed by atoms with E-state index in [1.807, 2.05) is 0 Å². The van der Waals surface area contributed by atoms with E-state index in [2.05, 4.69) is 231 Å². The van der Waals surface area contributed by atoms with Crippen LogP contribution in [0.4, 0.5) is 0 Å². The number of nitrogens with zero attached hydrogens (tertiary/aromatic N) is 3. The lowest BCUT2D eigenvalue weighted by atomic mass is 9.84. The third kappa shape index (κ3) is 4.81. The third-order valence-corrected chi connectivity index (χ3v) is 15.5. The fraction of sp³-hybridized carbons (Fsp3) is 0.125. The molecule has 0 saturated carbocycles. The predicted molar refractivity (Wildman–Crippen MR) is 288 cm³/mol. The first-order valence-corrected chi connectivity index (χ1v) is 23.8. The number of benzene rings is 10. The molecular weight excluding hydrogens is 811 g/mol. The molecule has 10 aromatic carbocycles. The quantitative estimate of drug-likeness (QED) is 0.164. The van der Waals surface area contributed by atoms with Gasteiger partial charge in [-0.05, 0) is 134 Å². The van der Waals surface area contributed by atoms with Gasteiger partial charge in [-0.25, -0.2) is 0 Å². The molecule has 0 fully saturated rings. The van der Waals surface area contributed by atoms with E-state index in [1.165, 1.54) is 147 Å². The summed E-state index contributed by atoms with van der Waals surface area (Å²) in [5.74, 6) is 0. The molecule has 0 unspecified atom stereocenters. The van der Waals surface area contributed by atoms with E-state index in [1.54, 1.807) is 0 Å². The van der Waals surface area contributed by atoms with Gasteiger partial charge in [0.2, 0.25) is 0 Å². The van der Waals surface area contributed by atoms with Gasteiger partial charge in [0.05, 0.1) is 44.1 Å². The van der Waals surface area contributed by atoms with E-state index in [0.29, 0.717) is 0 Å². The summed E-state index contributed by atoms with van der Waals surface area (Å²) in [6.45, 7) is 14.2. The van der Waals surface area contributed by atoms with Crippen LogP contribution in [-0.2, 0) is 10.8 Å². The molecule has 0 aliphatic rings. The zero-order valence-corrected chi connectivity index (χ0v) is 38.6. The summed E-state index contributed by atoms with van der Waals surface area (Å²) in [7, 11) is 0. The maximum Gasteiger partial charge on any atom is 0.0626 e. The maximum absolute atomic E-state index is 2.66. The van der Waals surface area contributed by atoms with Crippen LogP contribution < -0.4 is 0 Å². The summed E-state index contributed by atoms with van der Waals surface area (Å²) in [4.78, 5) is 0. The van der Waals surface area contributed by atoms with Crippen molar-refractivity contribution in [2.45, 2.75) is 52.4 Å². The molecule has 0 aliphatic carbocycles. The topological polar surface area (TPSA) is 13.8 Å². The Kier molecular flexibility index (Phi) is 6.97. The largest absolute Gasteiger partial charge is 0.309 e. The van der Waals surface area contributed by atoms with E-state index < -0.39 is 0 Å². The summed E-state index contributed by atoms with van der Waals surface area (Å²) < 4.78 is 7.67. The van der Waals surface area contributed by atoms with Crippen molar-refractivity contribution in [1.29, 1.82) is 0 Å². The first-order chi connectivity index (χ1) is 32.5. The van der Waals surface area contributed by atoms with Crippen molar-refractivity contribution in [2.75, 3.05) is 0 Å².